The van der Waals surface area contributed by atoms with E-state index in [9.17, 15) is 13.7 Å². The Morgan fingerprint density at radius 3 is 2.33 bits per heavy atom. The smallest absolute Gasteiger partial charge is 0.261 e. The summed E-state index contributed by atoms with van der Waals surface area (Å²) in [6, 6.07) is 24.1. The van der Waals surface area contributed by atoms with Crippen molar-refractivity contribution in [1.29, 1.82) is 5.26 Å². The molecule has 1 heterocycles. The lowest BCUT2D eigenvalue weighted by Gasteiger charge is -2.08. The van der Waals surface area contributed by atoms with E-state index < -0.39 is 10.0 Å². The maximum Gasteiger partial charge on any atom is 0.261 e. The fourth-order valence-electron chi connectivity index (χ4n) is 2.74. The van der Waals surface area contributed by atoms with Crippen LogP contribution in [-0.2, 0) is 10.0 Å². The zero-order valence-corrected chi connectivity index (χ0v) is 16.4. The summed E-state index contributed by atoms with van der Waals surface area (Å²) in [5, 5.41) is 12.4. The Bertz CT molecular complexity index is 1320. The van der Waals surface area contributed by atoms with Gasteiger partial charge in [-0.05, 0) is 48.5 Å². The lowest BCUT2D eigenvalue weighted by molar-refractivity contribution is 0.586. The number of nitriles is 1. The van der Waals surface area contributed by atoms with Crippen LogP contribution in [0.4, 0.5) is 11.4 Å². The van der Waals surface area contributed by atoms with E-state index in [1.807, 2.05) is 24.3 Å². The summed E-state index contributed by atoms with van der Waals surface area (Å²) in [5.41, 5.74) is 2.56. The standard InChI is InChI=1S/C22H16N4O3S/c23-14-16(22-25-20-8-4-5-9-21(20)29-22)15-24-17-10-12-19(13-11-17)30(27,28)26-18-6-2-1-3-7-18/h1-13,15,24,26H/b16-15+. The minimum absolute atomic E-state index is 0.125. The van der Waals surface area contributed by atoms with Crippen molar-refractivity contribution in [2.75, 3.05) is 10.0 Å². The van der Waals surface area contributed by atoms with Gasteiger partial charge in [-0.1, -0.05) is 30.3 Å². The van der Waals surface area contributed by atoms with E-state index in [1.54, 1.807) is 48.5 Å². The molecule has 0 unspecified atom stereocenters. The summed E-state index contributed by atoms with van der Waals surface area (Å²) in [6.07, 6.45) is 1.47. The number of aromatic nitrogens is 1. The number of benzene rings is 3. The van der Waals surface area contributed by atoms with E-state index in [2.05, 4.69) is 15.0 Å². The molecule has 0 aliphatic carbocycles. The lowest BCUT2D eigenvalue weighted by atomic mass is 10.3. The summed E-state index contributed by atoms with van der Waals surface area (Å²) in [7, 11) is -3.69. The Morgan fingerprint density at radius 1 is 0.933 bits per heavy atom. The highest BCUT2D eigenvalue weighted by molar-refractivity contribution is 7.92. The van der Waals surface area contributed by atoms with E-state index in [0.29, 0.717) is 22.5 Å². The second-order valence-electron chi connectivity index (χ2n) is 6.30. The van der Waals surface area contributed by atoms with E-state index in [0.717, 1.165) is 0 Å². The van der Waals surface area contributed by atoms with Crippen LogP contribution in [0.25, 0.3) is 16.7 Å². The average molecular weight is 416 g/mol. The maximum atomic E-state index is 12.5. The Kier molecular flexibility index (Phi) is 5.20. The molecule has 4 aromatic rings. The third-order valence-corrected chi connectivity index (χ3v) is 5.62. The van der Waals surface area contributed by atoms with Gasteiger partial charge in [0.15, 0.2) is 5.58 Å². The molecule has 1 aromatic heterocycles. The minimum atomic E-state index is -3.69. The van der Waals surface area contributed by atoms with Gasteiger partial charge in [0, 0.05) is 17.6 Å². The van der Waals surface area contributed by atoms with E-state index in [4.69, 9.17) is 4.42 Å². The number of sulfonamides is 1. The Morgan fingerprint density at radius 2 is 1.63 bits per heavy atom. The van der Waals surface area contributed by atoms with Gasteiger partial charge in [-0.2, -0.15) is 5.26 Å². The lowest BCUT2D eigenvalue weighted by Crippen LogP contribution is -2.12. The number of anilines is 2. The first-order valence-electron chi connectivity index (χ1n) is 8.96. The predicted molar refractivity (Wildman–Crippen MR) is 115 cm³/mol. The molecule has 0 amide bonds. The third-order valence-electron chi connectivity index (χ3n) is 4.22. The van der Waals surface area contributed by atoms with Gasteiger partial charge in [-0.15, -0.1) is 0 Å². The van der Waals surface area contributed by atoms with Gasteiger partial charge >= 0.3 is 0 Å². The molecule has 0 atom stereocenters. The second-order valence-corrected chi connectivity index (χ2v) is 7.98. The first-order valence-corrected chi connectivity index (χ1v) is 10.4. The topological polar surface area (TPSA) is 108 Å². The van der Waals surface area contributed by atoms with Crippen molar-refractivity contribution in [1.82, 2.24) is 4.98 Å². The fourth-order valence-corrected chi connectivity index (χ4v) is 3.79. The van der Waals surface area contributed by atoms with Crippen molar-refractivity contribution in [2.45, 2.75) is 4.90 Å². The third kappa shape index (κ3) is 4.16. The molecular formula is C22H16N4O3S. The second kappa shape index (κ2) is 8.11. The van der Waals surface area contributed by atoms with Crippen LogP contribution in [0, 0.1) is 11.3 Å². The van der Waals surface area contributed by atoms with E-state index in [-0.39, 0.29) is 16.4 Å². The van der Waals surface area contributed by atoms with Crippen molar-refractivity contribution >= 4 is 38.1 Å². The van der Waals surface area contributed by atoms with Crippen molar-refractivity contribution in [3.05, 3.63) is 91.0 Å². The van der Waals surface area contributed by atoms with E-state index in [1.165, 1.54) is 18.3 Å². The van der Waals surface area contributed by atoms with Gasteiger partial charge in [0.2, 0.25) is 5.89 Å². The number of fused-ring (bicyclic) bond motifs is 1. The van der Waals surface area contributed by atoms with Crippen LogP contribution >= 0.6 is 0 Å². The molecule has 8 heteroatoms. The maximum absolute atomic E-state index is 12.5. The molecule has 3 aromatic carbocycles. The summed E-state index contributed by atoms with van der Waals surface area (Å²) in [4.78, 5) is 4.42. The van der Waals surface area contributed by atoms with Crippen LogP contribution in [0.3, 0.4) is 0 Å². The van der Waals surface area contributed by atoms with Gasteiger partial charge in [0.1, 0.15) is 17.2 Å². The number of allylic oxidation sites excluding steroid dienone is 1. The fraction of sp³-hybridized carbons (Fsp3) is 0. The van der Waals surface area contributed by atoms with Crippen LogP contribution in [-0.4, -0.2) is 13.4 Å². The number of para-hydroxylation sites is 3. The molecule has 30 heavy (non-hydrogen) atoms. The quantitative estimate of drug-likeness (QED) is 0.445. The van der Waals surface area contributed by atoms with Crippen molar-refractivity contribution in [3.8, 4) is 6.07 Å². The largest absolute Gasteiger partial charge is 0.435 e. The summed E-state index contributed by atoms with van der Waals surface area (Å²) < 4.78 is 33.1. The summed E-state index contributed by atoms with van der Waals surface area (Å²) in [6.45, 7) is 0. The highest BCUT2D eigenvalue weighted by Crippen LogP contribution is 2.22. The van der Waals surface area contributed by atoms with Crippen LogP contribution in [0.1, 0.15) is 5.89 Å². The normalized spacial score (nSPS) is 11.8. The molecule has 0 saturated heterocycles. The Balaban J connectivity index is 1.50. The Labute approximate surface area is 173 Å². The summed E-state index contributed by atoms with van der Waals surface area (Å²) in [5.74, 6) is 0.206. The number of nitrogens with one attached hydrogen (secondary N) is 2. The van der Waals surface area contributed by atoms with Gasteiger partial charge in [-0.3, -0.25) is 4.72 Å². The number of hydrogen-bond donors (Lipinski definition) is 2. The summed E-state index contributed by atoms with van der Waals surface area (Å²) >= 11 is 0. The number of hydrogen-bond acceptors (Lipinski definition) is 6. The van der Waals surface area contributed by atoms with Gasteiger partial charge in [-0.25, -0.2) is 13.4 Å². The monoisotopic (exact) mass is 416 g/mol. The van der Waals surface area contributed by atoms with Crippen LogP contribution in [0.2, 0.25) is 0 Å². The van der Waals surface area contributed by atoms with Gasteiger partial charge < -0.3 is 9.73 Å². The molecule has 4 rings (SSSR count). The van der Waals surface area contributed by atoms with Crippen molar-refractivity contribution < 1.29 is 12.8 Å². The zero-order valence-electron chi connectivity index (χ0n) is 15.6. The highest BCUT2D eigenvalue weighted by atomic mass is 32.2. The van der Waals surface area contributed by atoms with Gasteiger partial charge in [0.05, 0.1) is 4.90 Å². The van der Waals surface area contributed by atoms with Crippen LogP contribution in [0.5, 0.6) is 0 Å². The molecule has 0 bridgehead atoms. The number of rotatable bonds is 6. The van der Waals surface area contributed by atoms with Crippen LogP contribution < -0.4 is 10.0 Å². The molecular weight excluding hydrogens is 400 g/mol. The number of nitrogens with zero attached hydrogens (tertiary/aromatic N) is 2. The predicted octanol–water partition coefficient (Wildman–Crippen LogP) is 4.61. The van der Waals surface area contributed by atoms with Crippen LogP contribution in [0.15, 0.2) is 94.4 Å². The molecule has 7 nitrogen and oxygen atoms in total. The average Bonchev–Trinajstić information content (AvgIpc) is 3.19. The first-order chi connectivity index (χ1) is 14.5. The van der Waals surface area contributed by atoms with Gasteiger partial charge in [0.25, 0.3) is 10.0 Å². The SMILES string of the molecule is N#C/C(=C\Nc1ccc(S(=O)(=O)Nc2ccccc2)cc1)c1nc2ccccc2o1. The highest BCUT2D eigenvalue weighted by Gasteiger charge is 2.14. The zero-order chi connectivity index (χ0) is 21.0. The molecule has 2 N–H and O–H groups in total. The molecule has 148 valence electrons. The van der Waals surface area contributed by atoms with Crippen molar-refractivity contribution in [3.63, 3.8) is 0 Å². The molecule has 0 fully saturated rings. The molecule has 0 spiro atoms. The first kappa shape index (κ1) is 19.2. The Hall–Kier alpha value is -4.09. The van der Waals surface area contributed by atoms with E-state index >= 15 is 0 Å². The number of oxazole rings is 1. The molecule has 0 radical (unpaired) electrons. The minimum Gasteiger partial charge on any atom is -0.435 e. The van der Waals surface area contributed by atoms with Crippen molar-refractivity contribution in [2.24, 2.45) is 0 Å². The molecule has 0 saturated carbocycles. The molecule has 0 aliphatic rings. The molecule has 0 aliphatic heterocycles.